The third kappa shape index (κ3) is 3.36. The Labute approximate surface area is 189 Å². The van der Waals surface area contributed by atoms with Crippen molar-refractivity contribution in [2.24, 2.45) is 0 Å². The summed E-state index contributed by atoms with van der Waals surface area (Å²) in [4.78, 5) is 27.7. The summed E-state index contributed by atoms with van der Waals surface area (Å²) < 4.78 is 32.9. The molecule has 10 heteroatoms. The summed E-state index contributed by atoms with van der Waals surface area (Å²) in [5, 5.41) is 0. The van der Waals surface area contributed by atoms with Gasteiger partial charge in [-0.25, -0.2) is 8.42 Å². The Kier molecular flexibility index (Phi) is 5.46. The predicted octanol–water partition coefficient (Wildman–Crippen LogP) is 3.19. The number of ether oxygens (including phenoxy) is 1. The van der Waals surface area contributed by atoms with Gasteiger partial charge in [-0.05, 0) is 30.3 Å². The minimum absolute atomic E-state index is 0.0246. The molecule has 2 heterocycles. The quantitative estimate of drug-likeness (QED) is 0.375. The number of sulfonamides is 1. The fourth-order valence-electron chi connectivity index (χ4n) is 3.34. The van der Waals surface area contributed by atoms with Crippen molar-refractivity contribution in [3.8, 4) is 5.75 Å². The van der Waals surface area contributed by atoms with Crippen molar-refractivity contribution in [1.29, 1.82) is 0 Å². The summed E-state index contributed by atoms with van der Waals surface area (Å²) in [6, 6.07) is 12.2. The first-order chi connectivity index (χ1) is 14.8. The number of hydrogen-bond acceptors (Lipinski definition) is 7. The molecule has 0 bridgehead atoms. The minimum atomic E-state index is -4.23. The van der Waals surface area contributed by atoms with Crippen molar-refractivity contribution in [3.63, 3.8) is 0 Å². The minimum Gasteiger partial charge on any atom is -0.497 e. The van der Waals surface area contributed by atoms with E-state index >= 15 is 0 Å². The molecule has 2 aromatic rings. The average molecular weight is 473 g/mol. The topological polar surface area (TPSA) is 84.0 Å². The second-order valence-corrected chi connectivity index (χ2v) is 9.97. The lowest BCUT2D eigenvalue weighted by Gasteiger charge is -2.17. The molecule has 0 unspecified atom stereocenters. The van der Waals surface area contributed by atoms with E-state index in [0.29, 0.717) is 11.3 Å². The summed E-state index contributed by atoms with van der Waals surface area (Å²) in [7, 11) is -2.76. The summed E-state index contributed by atoms with van der Waals surface area (Å²) in [5.74, 6) is -0.758. The first kappa shape index (κ1) is 21.3. The summed E-state index contributed by atoms with van der Waals surface area (Å²) in [6.45, 7) is 3.81. The maximum atomic E-state index is 13.4. The molecule has 1 fully saturated rings. The third-order valence-corrected chi connectivity index (χ3v) is 7.94. The van der Waals surface area contributed by atoms with E-state index in [4.69, 9.17) is 17.0 Å². The number of nitrogens with zero attached hydrogens (tertiary/aromatic N) is 2. The van der Waals surface area contributed by atoms with Crippen LogP contribution in [0.25, 0.3) is 5.57 Å². The molecule has 158 valence electrons. The number of methoxy groups -OCH3 is 1. The standard InChI is InChI=1S/C21H16N2O5S3/c1-3-12-22-20(25)18(30-21(22)29)17-15-6-4-5-7-16(15)23(19(17)24)31(26,27)14-10-8-13(28-2)9-11-14/h3-11H,1,12H2,2H3. The molecule has 4 rings (SSSR count). The number of benzene rings is 2. The average Bonchev–Trinajstić information content (AvgIpc) is 3.21. The molecule has 2 aliphatic heterocycles. The highest BCUT2D eigenvalue weighted by atomic mass is 32.2. The predicted molar refractivity (Wildman–Crippen MR) is 123 cm³/mol. The van der Waals surface area contributed by atoms with Crippen LogP contribution in [-0.2, 0) is 19.6 Å². The van der Waals surface area contributed by atoms with Gasteiger partial charge in [-0.15, -0.1) is 6.58 Å². The largest absolute Gasteiger partial charge is 0.497 e. The van der Waals surface area contributed by atoms with Gasteiger partial charge in [0.05, 0.1) is 28.2 Å². The SMILES string of the molecule is C=CCN1C(=O)C(=C2C(=O)N(S(=O)(=O)c3ccc(OC)cc3)c3ccccc32)SC1=S. The van der Waals surface area contributed by atoms with Crippen LogP contribution >= 0.6 is 24.0 Å². The van der Waals surface area contributed by atoms with Gasteiger partial charge in [0.2, 0.25) is 0 Å². The van der Waals surface area contributed by atoms with Crippen LogP contribution in [-0.4, -0.2) is 43.1 Å². The lowest BCUT2D eigenvalue weighted by Crippen LogP contribution is -2.34. The molecular formula is C21H16N2O5S3. The van der Waals surface area contributed by atoms with Crippen LogP contribution in [0.5, 0.6) is 5.75 Å². The highest BCUT2D eigenvalue weighted by molar-refractivity contribution is 8.26. The Balaban J connectivity index is 1.86. The molecule has 0 spiro atoms. The number of rotatable bonds is 5. The second-order valence-electron chi connectivity index (χ2n) is 6.54. The lowest BCUT2D eigenvalue weighted by atomic mass is 10.1. The number of fused-ring (bicyclic) bond motifs is 1. The van der Waals surface area contributed by atoms with E-state index in [1.54, 1.807) is 18.2 Å². The van der Waals surface area contributed by atoms with Crippen LogP contribution in [0.15, 0.2) is 71.0 Å². The van der Waals surface area contributed by atoms with E-state index in [9.17, 15) is 18.0 Å². The van der Waals surface area contributed by atoms with Gasteiger partial charge in [0.15, 0.2) is 0 Å². The van der Waals surface area contributed by atoms with E-state index in [-0.39, 0.29) is 31.9 Å². The highest BCUT2D eigenvalue weighted by Crippen LogP contribution is 2.46. The fourth-order valence-corrected chi connectivity index (χ4v) is 6.10. The number of hydrogen-bond donors (Lipinski definition) is 0. The van der Waals surface area contributed by atoms with Crippen molar-refractivity contribution in [1.82, 2.24) is 4.90 Å². The maximum Gasteiger partial charge on any atom is 0.274 e. The number of thiocarbonyl (C=S) groups is 1. The van der Waals surface area contributed by atoms with E-state index in [0.717, 1.165) is 16.1 Å². The molecule has 0 atom stereocenters. The number of anilines is 1. The number of thioether (sulfide) groups is 1. The Hall–Kier alpha value is -2.95. The highest BCUT2D eigenvalue weighted by Gasteiger charge is 2.46. The Morgan fingerprint density at radius 2 is 1.77 bits per heavy atom. The van der Waals surface area contributed by atoms with Crippen LogP contribution in [0.1, 0.15) is 5.56 Å². The number of carbonyl (C=O) groups excluding carboxylic acids is 2. The zero-order valence-electron chi connectivity index (χ0n) is 16.3. The lowest BCUT2D eigenvalue weighted by molar-refractivity contribution is -0.122. The van der Waals surface area contributed by atoms with Gasteiger partial charge < -0.3 is 4.74 Å². The van der Waals surface area contributed by atoms with Crippen LogP contribution < -0.4 is 9.04 Å². The molecule has 0 saturated carbocycles. The second kappa shape index (κ2) is 7.95. The zero-order valence-corrected chi connectivity index (χ0v) is 18.7. The maximum absolute atomic E-state index is 13.4. The normalized spacial score (nSPS) is 18.5. The Bertz CT molecular complexity index is 1270. The molecule has 1 saturated heterocycles. The van der Waals surface area contributed by atoms with Crippen LogP contribution in [0.4, 0.5) is 5.69 Å². The van der Waals surface area contributed by atoms with Crippen LogP contribution in [0.3, 0.4) is 0 Å². The van der Waals surface area contributed by atoms with Crippen molar-refractivity contribution in [2.45, 2.75) is 4.90 Å². The summed E-state index contributed by atoms with van der Waals surface area (Å²) in [5.41, 5.74) is 0.576. The van der Waals surface area contributed by atoms with Crippen molar-refractivity contribution in [3.05, 3.63) is 71.7 Å². The van der Waals surface area contributed by atoms with Gasteiger partial charge in [-0.1, -0.05) is 48.3 Å². The van der Waals surface area contributed by atoms with E-state index in [1.807, 2.05) is 0 Å². The monoisotopic (exact) mass is 472 g/mol. The van der Waals surface area contributed by atoms with Crippen molar-refractivity contribution >= 4 is 61.4 Å². The zero-order chi connectivity index (χ0) is 22.3. The molecule has 0 N–H and O–H groups in total. The van der Waals surface area contributed by atoms with E-state index in [2.05, 4.69) is 6.58 Å². The third-order valence-electron chi connectivity index (χ3n) is 4.78. The molecule has 0 aliphatic carbocycles. The first-order valence-corrected chi connectivity index (χ1v) is 11.7. The Morgan fingerprint density at radius 3 is 2.42 bits per heavy atom. The molecule has 0 aromatic heterocycles. The molecule has 2 aliphatic rings. The van der Waals surface area contributed by atoms with E-state index < -0.39 is 21.8 Å². The number of carbonyl (C=O) groups is 2. The molecule has 7 nitrogen and oxygen atoms in total. The smallest absolute Gasteiger partial charge is 0.274 e. The molecular weight excluding hydrogens is 456 g/mol. The fraction of sp³-hybridized carbons (Fsp3) is 0.0952. The van der Waals surface area contributed by atoms with Crippen molar-refractivity contribution in [2.75, 3.05) is 18.0 Å². The van der Waals surface area contributed by atoms with Gasteiger partial charge >= 0.3 is 0 Å². The van der Waals surface area contributed by atoms with Gasteiger partial charge in [-0.3, -0.25) is 14.5 Å². The van der Waals surface area contributed by atoms with E-state index in [1.165, 1.54) is 48.4 Å². The van der Waals surface area contributed by atoms with Gasteiger partial charge in [0.1, 0.15) is 10.1 Å². The van der Waals surface area contributed by atoms with Crippen LogP contribution in [0.2, 0.25) is 0 Å². The number of para-hydroxylation sites is 1. The van der Waals surface area contributed by atoms with Gasteiger partial charge in [0.25, 0.3) is 21.8 Å². The summed E-state index contributed by atoms with van der Waals surface area (Å²) >= 11 is 6.25. The van der Waals surface area contributed by atoms with Gasteiger partial charge in [0, 0.05) is 12.1 Å². The number of amides is 2. The molecule has 31 heavy (non-hydrogen) atoms. The first-order valence-electron chi connectivity index (χ1n) is 9.03. The Morgan fingerprint density at radius 1 is 1.10 bits per heavy atom. The molecule has 2 amide bonds. The molecule has 2 aromatic carbocycles. The van der Waals surface area contributed by atoms with Gasteiger partial charge in [-0.2, -0.15) is 4.31 Å². The summed E-state index contributed by atoms with van der Waals surface area (Å²) in [6.07, 6.45) is 1.53. The van der Waals surface area contributed by atoms with Crippen LogP contribution in [0, 0.1) is 0 Å². The van der Waals surface area contributed by atoms with Crippen molar-refractivity contribution < 1.29 is 22.7 Å². The molecule has 0 radical (unpaired) electrons.